The Morgan fingerprint density at radius 1 is 0.909 bits per heavy atom. The third-order valence-corrected chi connectivity index (χ3v) is 7.31. The number of nitrogens with two attached hydrogens (primary N) is 1. The molecular weight excluding hydrogens is 594 g/mol. The number of amides is 3. The van der Waals surface area contributed by atoms with Gasteiger partial charge < -0.3 is 66.4 Å². The summed E-state index contributed by atoms with van der Waals surface area (Å²) in [7, 11) is 0.958. The van der Waals surface area contributed by atoms with E-state index < -0.39 is 92.3 Å². The number of piperidine rings is 1. The summed E-state index contributed by atoms with van der Waals surface area (Å²) in [5.74, 6) is -20.5. The fourth-order valence-electron chi connectivity index (χ4n) is 5.14. The molecule has 5 rings (SSSR count). The number of phenolic OH excluding ortho intramolecular Hbond substituents is 4. The smallest absolute Gasteiger partial charge is 0.315 e. The summed E-state index contributed by atoms with van der Waals surface area (Å²) in [5.41, 5.74) is 0.244. The summed E-state index contributed by atoms with van der Waals surface area (Å²) >= 11 is 0. The number of fused-ring (bicyclic) bond motifs is 1. The number of phenols is 4. The van der Waals surface area contributed by atoms with E-state index in [4.69, 9.17) is 10.5 Å². The van der Waals surface area contributed by atoms with Gasteiger partial charge in [0, 0.05) is 24.3 Å². The number of aromatic hydroxyl groups is 4. The van der Waals surface area contributed by atoms with Gasteiger partial charge >= 0.3 is 5.91 Å². The average molecular weight is 619 g/mol. The second-order valence-electron chi connectivity index (χ2n) is 9.97. The number of primary amides is 1. The van der Waals surface area contributed by atoms with Crippen LogP contribution >= 0.6 is 0 Å². The number of anilines is 2. The van der Waals surface area contributed by atoms with Crippen LogP contribution in [0.3, 0.4) is 0 Å². The second kappa shape index (κ2) is 9.67. The van der Waals surface area contributed by atoms with Crippen LogP contribution in [-0.2, 0) is 10.6 Å². The molecule has 3 heterocycles. The van der Waals surface area contributed by atoms with Crippen LogP contribution in [0, 0.1) is 0 Å². The van der Waals surface area contributed by atoms with Crippen molar-refractivity contribution in [3.63, 3.8) is 0 Å². The number of carbonyl (C=O) groups excluding carboxylic acids is 3. The first-order valence-electron chi connectivity index (χ1n) is 12.5. The summed E-state index contributed by atoms with van der Waals surface area (Å²) in [5, 5.41) is 109. The monoisotopic (exact) mass is 619 g/mol. The van der Waals surface area contributed by atoms with E-state index in [9.17, 15) is 65.4 Å². The molecule has 1 fully saturated rings. The standard InChI is InChI=1S/C25H25N5O14/c1-44-19-17(33)15(31)14(16(32)18(19)34)30-13-11(12(27-30)20(26)35)24(40,41)25(42,43)29(21(13)36)10-5-3-9(4-6-10)28-8-2-7-23(38,39)22(28)37/h3-6,31-34,38-43H,2,7-8H2,1H3,(H2,26,35). The first-order chi connectivity index (χ1) is 20.4. The predicted octanol–water partition coefficient (Wildman–Crippen LogP) is -2.95. The molecule has 3 amide bonds. The minimum Gasteiger partial charge on any atom is -0.503 e. The van der Waals surface area contributed by atoms with E-state index in [1.54, 1.807) is 0 Å². The van der Waals surface area contributed by atoms with E-state index >= 15 is 0 Å². The van der Waals surface area contributed by atoms with Crippen LogP contribution in [0.5, 0.6) is 28.7 Å². The number of benzene rings is 2. The number of hydrogen-bond donors (Lipinski definition) is 11. The topological polar surface area (TPSA) is 313 Å². The molecule has 0 saturated carbocycles. The van der Waals surface area contributed by atoms with Crippen molar-refractivity contribution in [1.29, 1.82) is 0 Å². The lowest BCUT2D eigenvalue weighted by molar-refractivity contribution is -0.363. The van der Waals surface area contributed by atoms with Crippen LogP contribution in [0.4, 0.5) is 11.4 Å². The van der Waals surface area contributed by atoms with Crippen molar-refractivity contribution in [1.82, 2.24) is 9.78 Å². The lowest BCUT2D eigenvalue weighted by atomic mass is 9.92. The van der Waals surface area contributed by atoms with Crippen molar-refractivity contribution in [3.05, 3.63) is 41.2 Å². The van der Waals surface area contributed by atoms with Gasteiger partial charge in [-0.1, -0.05) is 0 Å². The maximum Gasteiger partial charge on any atom is 0.315 e. The molecule has 2 aliphatic rings. The molecule has 3 aromatic rings. The van der Waals surface area contributed by atoms with Gasteiger partial charge in [0.05, 0.1) is 12.7 Å². The molecule has 0 aliphatic carbocycles. The van der Waals surface area contributed by atoms with Gasteiger partial charge in [-0.2, -0.15) is 5.10 Å². The molecule has 12 N–H and O–H groups in total. The number of nitrogens with zero attached hydrogens (tertiary/aromatic N) is 4. The molecule has 1 saturated heterocycles. The van der Waals surface area contributed by atoms with E-state index in [-0.39, 0.29) is 34.7 Å². The highest BCUT2D eigenvalue weighted by atomic mass is 16.6. The quantitative estimate of drug-likeness (QED) is 0.0772. The molecule has 0 radical (unpaired) electrons. The van der Waals surface area contributed by atoms with Crippen LogP contribution in [0.1, 0.15) is 39.4 Å². The molecule has 0 bridgehead atoms. The zero-order valence-corrected chi connectivity index (χ0v) is 22.4. The van der Waals surface area contributed by atoms with Crippen LogP contribution in [-0.4, -0.2) is 104 Å². The minimum absolute atomic E-state index is 0.0137. The molecule has 19 heteroatoms. The molecule has 44 heavy (non-hydrogen) atoms. The van der Waals surface area contributed by atoms with Crippen LogP contribution in [0.25, 0.3) is 5.69 Å². The largest absolute Gasteiger partial charge is 0.503 e. The van der Waals surface area contributed by atoms with Gasteiger partial charge in [0.25, 0.3) is 23.5 Å². The fraction of sp³-hybridized carbons (Fsp3) is 0.280. The predicted molar refractivity (Wildman–Crippen MR) is 141 cm³/mol. The fourth-order valence-corrected chi connectivity index (χ4v) is 5.14. The molecule has 0 spiro atoms. The molecule has 2 aliphatic heterocycles. The Hall–Kier alpha value is -5.18. The number of aromatic nitrogens is 2. The highest BCUT2D eigenvalue weighted by Gasteiger charge is 2.64. The molecule has 2 aromatic carbocycles. The van der Waals surface area contributed by atoms with Crippen molar-refractivity contribution in [2.75, 3.05) is 23.5 Å². The number of hydrogen-bond acceptors (Lipinski definition) is 15. The molecule has 0 atom stereocenters. The highest BCUT2D eigenvalue weighted by molar-refractivity contribution is 6.11. The number of ether oxygens (including phenoxy) is 1. The SMILES string of the molecule is COc1c(O)c(O)c(-n2nc(C(N)=O)c3c2C(=O)N(c2ccc(N4CCCC(O)(O)C4=O)cc2)C(O)(O)C3(O)O)c(O)c1O. The maximum absolute atomic E-state index is 13.9. The van der Waals surface area contributed by atoms with Gasteiger partial charge in [0.2, 0.25) is 23.0 Å². The Morgan fingerprint density at radius 3 is 1.98 bits per heavy atom. The Kier molecular flexibility index (Phi) is 6.65. The number of carbonyl (C=O) groups is 3. The van der Waals surface area contributed by atoms with Gasteiger partial charge in [-0.25, -0.2) is 9.58 Å². The molecule has 19 nitrogen and oxygen atoms in total. The van der Waals surface area contributed by atoms with E-state index in [1.165, 1.54) is 0 Å². The van der Waals surface area contributed by atoms with E-state index in [0.29, 0.717) is 0 Å². The number of rotatable bonds is 5. The van der Waals surface area contributed by atoms with Crippen LogP contribution < -0.4 is 20.3 Å². The molecule has 234 valence electrons. The Morgan fingerprint density at radius 2 is 1.45 bits per heavy atom. The van der Waals surface area contributed by atoms with E-state index in [1.807, 2.05) is 0 Å². The van der Waals surface area contributed by atoms with Crippen molar-refractivity contribution >= 4 is 29.1 Å². The molecule has 1 aromatic heterocycles. The molecular formula is C25H25N5O14. The summed E-state index contributed by atoms with van der Waals surface area (Å²) in [6, 6.07) is 4.35. The Labute approximate surface area is 244 Å². The number of aliphatic hydroxyl groups is 6. The zero-order valence-electron chi connectivity index (χ0n) is 22.4. The lowest BCUT2D eigenvalue weighted by Gasteiger charge is -2.45. The first-order valence-corrected chi connectivity index (χ1v) is 12.5. The van der Waals surface area contributed by atoms with Gasteiger partial charge in [0.1, 0.15) is 5.69 Å². The maximum atomic E-state index is 13.9. The minimum atomic E-state index is -3.98. The van der Waals surface area contributed by atoms with Crippen molar-refractivity contribution in [2.24, 2.45) is 5.73 Å². The summed E-state index contributed by atoms with van der Waals surface area (Å²) in [6.07, 6.45) is -0.00234. The third kappa shape index (κ3) is 3.99. The summed E-state index contributed by atoms with van der Waals surface area (Å²) in [4.78, 5) is 39.7. The third-order valence-electron chi connectivity index (χ3n) is 7.31. The second-order valence-corrected chi connectivity index (χ2v) is 9.97. The number of methoxy groups -OCH3 is 1. The Bertz CT molecular complexity index is 1700. The van der Waals surface area contributed by atoms with Crippen molar-refractivity contribution < 1.29 is 70.2 Å². The van der Waals surface area contributed by atoms with Crippen LogP contribution in [0.15, 0.2) is 24.3 Å². The summed E-state index contributed by atoms with van der Waals surface area (Å²) < 4.78 is 4.92. The lowest BCUT2D eigenvalue weighted by Crippen LogP contribution is -2.68. The summed E-state index contributed by atoms with van der Waals surface area (Å²) in [6.45, 7) is 0.0804. The van der Waals surface area contributed by atoms with Crippen molar-refractivity contribution in [2.45, 2.75) is 30.3 Å². The average Bonchev–Trinajstić information content (AvgIpc) is 3.35. The van der Waals surface area contributed by atoms with Crippen molar-refractivity contribution in [3.8, 4) is 34.4 Å². The highest BCUT2D eigenvalue weighted by Crippen LogP contribution is 2.54. The van der Waals surface area contributed by atoms with Gasteiger partial charge in [-0.15, -0.1) is 0 Å². The van der Waals surface area contributed by atoms with Gasteiger partial charge in [-0.3, -0.25) is 14.4 Å². The van der Waals surface area contributed by atoms with E-state index in [0.717, 1.165) is 36.3 Å². The zero-order chi connectivity index (χ0) is 32.7. The Balaban J connectivity index is 1.72. The van der Waals surface area contributed by atoms with E-state index in [2.05, 4.69) is 5.10 Å². The first kappa shape index (κ1) is 30.3. The normalized spacial score (nSPS) is 18.7. The van der Waals surface area contributed by atoms with Crippen LogP contribution in [0.2, 0.25) is 0 Å². The molecule has 0 unspecified atom stereocenters. The van der Waals surface area contributed by atoms with Gasteiger partial charge in [-0.05, 0) is 30.7 Å². The van der Waals surface area contributed by atoms with Gasteiger partial charge in [0.15, 0.2) is 22.9 Å².